The Kier molecular flexibility index (Phi) is 3.74. The van der Waals surface area contributed by atoms with Gasteiger partial charge in [-0.25, -0.2) is 4.98 Å². The molecule has 1 heterocycles. The molecule has 0 unspecified atom stereocenters. The van der Waals surface area contributed by atoms with E-state index in [1.54, 1.807) is 6.26 Å². The maximum absolute atomic E-state index is 11.1. The highest BCUT2D eigenvalue weighted by Gasteiger charge is 2.09. The third-order valence-corrected chi connectivity index (χ3v) is 3.28. The molecule has 0 spiro atoms. The van der Waals surface area contributed by atoms with Crippen molar-refractivity contribution in [2.45, 2.75) is 13.8 Å². The van der Waals surface area contributed by atoms with Gasteiger partial charge in [0.05, 0.1) is 0 Å². The quantitative estimate of drug-likeness (QED) is 0.784. The molecular weight excluding hydrogens is 276 g/mol. The SMILES string of the molecule is CC(=O)Nc1cccc(-c2nc(-c3ccc(C)cc3)co2)c1. The first kappa shape index (κ1) is 14.1. The number of aromatic nitrogens is 1. The molecule has 0 aliphatic heterocycles. The Morgan fingerprint density at radius 1 is 1.09 bits per heavy atom. The Morgan fingerprint density at radius 3 is 2.59 bits per heavy atom. The zero-order valence-corrected chi connectivity index (χ0v) is 12.5. The highest BCUT2D eigenvalue weighted by Crippen LogP contribution is 2.26. The number of carbonyl (C=O) groups is 1. The van der Waals surface area contributed by atoms with E-state index in [1.165, 1.54) is 12.5 Å². The summed E-state index contributed by atoms with van der Waals surface area (Å²) < 4.78 is 5.57. The molecule has 0 saturated heterocycles. The second kappa shape index (κ2) is 5.85. The van der Waals surface area contributed by atoms with Gasteiger partial charge in [0.1, 0.15) is 12.0 Å². The molecule has 1 aromatic heterocycles. The Bertz CT molecular complexity index is 804. The molecule has 4 nitrogen and oxygen atoms in total. The Balaban J connectivity index is 1.90. The number of oxazole rings is 1. The van der Waals surface area contributed by atoms with E-state index in [0.29, 0.717) is 5.89 Å². The summed E-state index contributed by atoms with van der Waals surface area (Å²) >= 11 is 0. The first-order chi connectivity index (χ1) is 10.6. The van der Waals surface area contributed by atoms with Gasteiger partial charge in [-0.05, 0) is 25.1 Å². The number of nitrogens with zero attached hydrogens (tertiary/aromatic N) is 1. The molecule has 0 fully saturated rings. The van der Waals surface area contributed by atoms with Crippen LogP contribution in [0.5, 0.6) is 0 Å². The summed E-state index contributed by atoms with van der Waals surface area (Å²) in [4.78, 5) is 15.6. The van der Waals surface area contributed by atoms with Crippen molar-refractivity contribution in [1.29, 1.82) is 0 Å². The normalized spacial score (nSPS) is 10.5. The highest BCUT2D eigenvalue weighted by atomic mass is 16.3. The third kappa shape index (κ3) is 3.06. The standard InChI is InChI=1S/C18H16N2O2/c1-12-6-8-14(9-7-12)17-11-22-18(20-17)15-4-3-5-16(10-15)19-13(2)21/h3-11H,1-2H3,(H,19,21). The van der Waals surface area contributed by atoms with E-state index >= 15 is 0 Å². The van der Waals surface area contributed by atoms with Crippen LogP contribution in [-0.4, -0.2) is 10.9 Å². The van der Waals surface area contributed by atoms with E-state index in [9.17, 15) is 4.79 Å². The molecule has 0 bridgehead atoms. The molecular formula is C18H16N2O2. The number of amides is 1. The predicted octanol–water partition coefficient (Wildman–Crippen LogP) is 4.28. The Hall–Kier alpha value is -2.88. The first-order valence-corrected chi connectivity index (χ1v) is 7.02. The van der Waals surface area contributed by atoms with E-state index in [-0.39, 0.29) is 5.91 Å². The molecule has 1 amide bonds. The van der Waals surface area contributed by atoms with E-state index in [2.05, 4.69) is 10.3 Å². The maximum Gasteiger partial charge on any atom is 0.226 e. The summed E-state index contributed by atoms with van der Waals surface area (Å²) in [5, 5.41) is 2.75. The molecule has 4 heteroatoms. The van der Waals surface area contributed by atoms with Crippen LogP contribution >= 0.6 is 0 Å². The zero-order valence-electron chi connectivity index (χ0n) is 12.5. The monoisotopic (exact) mass is 292 g/mol. The summed E-state index contributed by atoms with van der Waals surface area (Å²) in [6, 6.07) is 15.5. The largest absolute Gasteiger partial charge is 0.444 e. The minimum Gasteiger partial charge on any atom is -0.444 e. The molecule has 1 N–H and O–H groups in total. The van der Waals surface area contributed by atoms with Crippen molar-refractivity contribution in [2.75, 3.05) is 5.32 Å². The van der Waals surface area contributed by atoms with Gasteiger partial charge in [-0.1, -0.05) is 35.9 Å². The number of benzene rings is 2. The summed E-state index contributed by atoms with van der Waals surface area (Å²) in [7, 11) is 0. The van der Waals surface area contributed by atoms with Crippen molar-refractivity contribution in [3.05, 3.63) is 60.4 Å². The van der Waals surface area contributed by atoms with Crippen LogP contribution in [0.3, 0.4) is 0 Å². The maximum atomic E-state index is 11.1. The fourth-order valence-electron chi connectivity index (χ4n) is 2.20. The van der Waals surface area contributed by atoms with Gasteiger partial charge < -0.3 is 9.73 Å². The summed E-state index contributed by atoms with van der Waals surface area (Å²) in [6.45, 7) is 3.53. The molecule has 2 aromatic carbocycles. The lowest BCUT2D eigenvalue weighted by atomic mass is 10.1. The van der Waals surface area contributed by atoms with Crippen LogP contribution in [0, 0.1) is 6.92 Å². The van der Waals surface area contributed by atoms with Gasteiger partial charge in [-0.2, -0.15) is 0 Å². The minimum atomic E-state index is -0.107. The van der Waals surface area contributed by atoms with Crippen molar-refractivity contribution in [1.82, 2.24) is 4.98 Å². The number of carbonyl (C=O) groups excluding carboxylic acids is 1. The fourth-order valence-corrected chi connectivity index (χ4v) is 2.20. The zero-order chi connectivity index (χ0) is 15.5. The average Bonchev–Trinajstić information content (AvgIpc) is 2.97. The first-order valence-electron chi connectivity index (χ1n) is 7.02. The molecule has 0 saturated carbocycles. The number of aryl methyl sites for hydroxylation is 1. The number of nitrogens with one attached hydrogen (secondary N) is 1. The second-order valence-electron chi connectivity index (χ2n) is 5.17. The van der Waals surface area contributed by atoms with Crippen LogP contribution in [0.15, 0.2) is 59.2 Å². The van der Waals surface area contributed by atoms with Crippen LogP contribution in [0.1, 0.15) is 12.5 Å². The molecule has 0 aliphatic carbocycles. The van der Waals surface area contributed by atoms with Gasteiger partial charge >= 0.3 is 0 Å². The molecule has 0 radical (unpaired) electrons. The van der Waals surface area contributed by atoms with Gasteiger partial charge in [-0.15, -0.1) is 0 Å². The lowest BCUT2D eigenvalue weighted by Gasteiger charge is -2.02. The second-order valence-corrected chi connectivity index (χ2v) is 5.17. The van der Waals surface area contributed by atoms with Gasteiger partial charge in [0.25, 0.3) is 0 Å². The van der Waals surface area contributed by atoms with Crippen LogP contribution in [0.4, 0.5) is 5.69 Å². The summed E-state index contributed by atoms with van der Waals surface area (Å²) in [5.74, 6) is 0.424. The number of hydrogen-bond donors (Lipinski definition) is 1. The molecule has 3 aromatic rings. The number of anilines is 1. The molecule has 0 aliphatic rings. The van der Waals surface area contributed by atoms with E-state index in [0.717, 1.165) is 22.5 Å². The Morgan fingerprint density at radius 2 is 1.86 bits per heavy atom. The van der Waals surface area contributed by atoms with Crippen molar-refractivity contribution in [3.8, 4) is 22.7 Å². The van der Waals surface area contributed by atoms with Crippen LogP contribution < -0.4 is 5.32 Å². The lowest BCUT2D eigenvalue weighted by molar-refractivity contribution is -0.114. The van der Waals surface area contributed by atoms with Crippen molar-refractivity contribution >= 4 is 11.6 Å². The van der Waals surface area contributed by atoms with Crippen LogP contribution in [0.2, 0.25) is 0 Å². The molecule has 0 atom stereocenters. The smallest absolute Gasteiger partial charge is 0.226 e. The van der Waals surface area contributed by atoms with Crippen LogP contribution in [0.25, 0.3) is 22.7 Å². The molecule has 3 rings (SSSR count). The summed E-state index contributed by atoms with van der Waals surface area (Å²) in [5.41, 5.74) is 4.55. The minimum absolute atomic E-state index is 0.107. The van der Waals surface area contributed by atoms with Gasteiger partial charge in [0.2, 0.25) is 11.8 Å². The van der Waals surface area contributed by atoms with E-state index in [4.69, 9.17) is 4.42 Å². The van der Waals surface area contributed by atoms with Gasteiger partial charge in [0.15, 0.2) is 0 Å². The average molecular weight is 292 g/mol. The molecule has 22 heavy (non-hydrogen) atoms. The van der Waals surface area contributed by atoms with Crippen molar-refractivity contribution in [2.24, 2.45) is 0 Å². The lowest BCUT2D eigenvalue weighted by Crippen LogP contribution is -2.05. The number of rotatable bonds is 3. The predicted molar refractivity (Wildman–Crippen MR) is 86.4 cm³/mol. The van der Waals surface area contributed by atoms with Crippen LogP contribution in [-0.2, 0) is 4.79 Å². The topological polar surface area (TPSA) is 55.1 Å². The third-order valence-electron chi connectivity index (χ3n) is 3.28. The number of hydrogen-bond acceptors (Lipinski definition) is 3. The Labute approximate surface area is 128 Å². The van der Waals surface area contributed by atoms with E-state index < -0.39 is 0 Å². The fraction of sp³-hybridized carbons (Fsp3) is 0.111. The van der Waals surface area contributed by atoms with E-state index in [1.807, 2.05) is 55.5 Å². The summed E-state index contributed by atoms with van der Waals surface area (Å²) in [6.07, 6.45) is 1.64. The highest BCUT2D eigenvalue weighted by molar-refractivity contribution is 5.89. The molecule has 110 valence electrons. The van der Waals surface area contributed by atoms with Crippen molar-refractivity contribution < 1.29 is 9.21 Å². The van der Waals surface area contributed by atoms with Crippen molar-refractivity contribution in [3.63, 3.8) is 0 Å². The van der Waals surface area contributed by atoms with Gasteiger partial charge in [0, 0.05) is 23.7 Å². The van der Waals surface area contributed by atoms with Gasteiger partial charge in [-0.3, -0.25) is 4.79 Å².